The van der Waals surface area contributed by atoms with Crippen molar-refractivity contribution in [1.82, 2.24) is 0 Å². The Morgan fingerprint density at radius 3 is 2.18 bits per heavy atom. The summed E-state index contributed by atoms with van der Waals surface area (Å²) in [6.45, 7) is 5.38. The summed E-state index contributed by atoms with van der Waals surface area (Å²) < 4.78 is 10.2. The Morgan fingerprint density at radius 2 is 1.54 bits per heavy atom. The lowest BCUT2D eigenvalue weighted by atomic mass is 9.87. The van der Waals surface area contributed by atoms with Gasteiger partial charge < -0.3 is 19.7 Å². The molecule has 1 unspecified atom stereocenters. The van der Waals surface area contributed by atoms with Crippen molar-refractivity contribution in [3.63, 3.8) is 0 Å². The minimum atomic E-state index is -1.09. The Morgan fingerprint density at radius 1 is 0.964 bits per heavy atom. The van der Waals surface area contributed by atoms with Crippen molar-refractivity contribution in [3.05, 3.63) is 29.8 Å². The molecule has 28 heavy (non-hydrogen) atoms. The number of phenolic OH excluding ortho intramolecular Hbond substituents is 1. The first-order chi connectivity index (χ1) is 13.3. The van der Waals surface area contributed by atoms with Crippen LogP contribution in [0.15, 0.2) is 24.3 Å². The van der Waals surface area contributed by atoms with Gasteiger partial charge in [-0.2, -0.15) is 0 Å². The average molecular weight is 395 g/mol. The Hall–Kier alpha value is -2.08. The molecule has 2 N–H and O–H groups in total. The van der Waals surface area contributed by atoms with Crippen molar-refractivity contribution >= 4 is 11.9 Å². The predicted octanol–water partition coefficient (Wildman–Crippen LogP) is 4.23. The number of hydrogen-bond acceptors (Lipinski definition) is 6. The molecule has 0 aliphatic rings. The lowest BCUT2D eigenvalue weighted by Crippen LogP contribution is -2.31. The Kier molecular flexibility index (Phi) is 10.6. The second-order valence-electron chi connectivity index (χ2n) is 7.80. The Bertz CT molecular complexity index is 594. The van der Waals surface area contributed by atoms with Crippen molar-refractivity contribution in [2.75, 3.05) is 13.2 Å². The zero-order valence-electron chi connectivity index (χ0n) is 17.3. The maximum atomic E-state index is 12.3. The number of aliphatic hydroxyl groups excluding tert-OH is 1. The number of aromatic hydroxyl groups is 1. The lowest BCUT2D eigenvalue weighted by molar-refractivity contribution is -0.158. The molecule has 6 nitrogen and oxygen atoms in total. The summed E-state index contributed by atoms with van der Waals surface area (Å²) in [5, 5.41) is 19.1. The summed E-state index contributed by atoms with van der Waals surface area (Å²) in [6, 6.07) is 5.60. The fourth-order valence-electron chi connectivity index (χ4n) is 2.72. The number of carbonyl (C=O) groups is 2. The van der Waals surface area contributed by atoms with Gasteiger partial charge >= 0.3 is 11.9 Å². The van der Waals surface area contributed by atoms with Gasteiger partial charge in [0.25, 0.3) is 0 Å². The van der Waals surface area contributed by atoms with E-state index in [2.05, 4.69) is 6.92 Å². The second kappa shape index (κ2) is 12.4. The van der Waals surface area contributed by atoms with E-state index >= 15 is 0 Å². The molecule has 1 atom stereocenters. The second-order valence-corrected chi connectivity index (χ2v) is 7.80. The fraction of sp³-hybridized carbons (Fsp3) is 0.636. The molecule has 0 aliphatic heterocycles. The maximum absolute atomic E-state index is 12.3. The van der Waals surface area contributed by atoms with E-state index < -0.39 is 17.5 Å². The van der Waals surface area contributed by atoms with Crippen molar-refractivity contribution in [2.45, 2.75) is 71.8 Å². The van der Waals surface area contributed by atoms with Crippen LogP contribution in [-0.4, -0.2) is 41.5 Å². The zero-order chi connectivity index (χ0) is 21.0. The molecule has 0 saturated heterocycles. The van der Waals surface area contributed by atoms with E-state index in [4.69, 9.17) is 9.47 Å². The van der Waals surface area contributed by atoms with Crippen LogP contribution in [0.2, 0.25) is 0 Å². The van der Waals surface area contributed by atoms with Crippen LogP contribution < -0.4 is 0 Å². The molecular weight excluding hydrogens is 360 g/mol. The minimum absolute atomic E-state index is 0.0482. The number of ether oxygens (including phenoxy) is 2. The smallest absolute Gasteiger partial charge is 0.338 e. The normalized spacial score (nSPS) is 12.4. The van der Waals surface area contributed by atoms with Gasteiger partial charge in [0, 0.05) is 0 Å². The molecule has 1 aromatic rings. The molecule has 0 heterocycles. The SMILES string of the molecule is CCCCCCCCC(C)(C)C(=O)OCC(O)COC(=O)c1ccc(O)cc1. The van der Waals surface area contributed by atoms with Crippen molar-refractivity contribution in [1.29, 1.82) is 0 Å². The summed E-state index contributed by atoms with van der Waals surface area (Å²) in [6.07, 6.45) is 6.61. The number of hydrogen-bond donors (Lipinski definition) is 2. The molecular formula is C22H34O6. The van der Waals surface area contributed by atoms with Crippen LogP contribution in [0.5, 0.6) is 5.75 Å². The zero-order valence-corrected chi connectivity index (χ0v) is 17.3. The third kappa shape index (κ3) is 9.22. The van der Waals surface area contributed by atoms with Crippen LogP contribution in [0.3, 0.4) is 0 Å². The number of unbranched alkanes of at least 4 members (excludes halogenated alkanes) is 5. The topological polar surface area (TPSA) is 93.1 Å². The highest BCUT2D eigenvalue weighted by atomic mass is 16.6. The van der Waals surface area contributed by atoms with E-state index in [1.165, 1.54) is 49.9 Å². The number of aliphatic hydroxyl groups is 1. The first-order valence-corrected chi connectivity index (χ1v) is 10.1. The van der Waals surface area contributed by atoms with Gasteiger partial charge in [-0.25, -0.2) is 4.79 Å². The molecule has 158 valence electrons. The highest BCUT2D eigenvalue weighted by molar-refractivity contribution is 5.89. The molecule has 0 bridgehead atoms. The summed E-state index contributed by atoms with van der Waals surface area (Å²) in [7, 11) is 0. The summed E-state index contributed by atoms with van der Waals surface area (Å²) in [4.78, 5) is 24.1. The number of benzene rings is 1. The van der Waals surface area contributed by atoms with Crippen LogP contribution in [0.25, 0.3) is 0 Å². The van der Waals surface area contributed by atoms with E-state index in [0.717, 1.165) is 19.3 Å². The van der Waals surface area contributed by atoms with Crippen molar-refractivity contribution in [2.24, 2.45) is 5.41 Å². The monoisotopic (exact) mass is 394 g/mol. The van der Waals surface area contributed by atoms with E-state index in [1.54, 1.807) is 0 Å². The number of rotatable bonds is 13. The Labute approximate surface area is 167 Å². The van der Waals surface area contributed by atoms with Gasteiger partial charge in [-0.05, 0) is 44.5 Å². The highest BCUT2D eigenvalue weighted by Gasteiger charge is 2.29. The largest absolute Gasteiger partial charge is 0.508 e. The molecule has 6 heteroatoms. The first kappa shape index (κ1) is 24.0. The van der Waals surface area contributed by atoms with Gasteiger partial charge in [-0.3, -0.25) is 4.79 Å². The number of phenols is 1. The third-order valence-electron chi connectivity index (χ3n) is 4.62. The maximum Gasteiger partial charge on any atom is 0.338 e. The minimum Gasteiger partial charge on any atom is -0.508 e. The predicted molar refractivity (Wildman–Crippen MR) is 107 cm³/mol. The van der Waals surface area contributed by atoms with Gasteiger partial charge in [0.1, 0.15) is 25.1 Å². The van der Waals surface area contributed by atoms with Crippen molar-refractivity contribution in [3.8, 4) is 5.75 Å². The fourth-order valence-corrected chi connectivity index (χ4v) is 2.72. The van der Waals surface area contributed by atoms with Crippen LogP contribution in [0.1, 0.15) is 76.1 Å². The van der Waals surface area contributed by atoms with Crippen LogP contribution in [-0.2, 0) is 14.3 Å². The third-order valence-corrected chi connectivity index (χ3v) is 4.62. The lowest BCUT2D eigenvalue weighted by Gasteiger charge is -2.23. The molecule has 1 rings (SSSR count). The molecule has 0 aliphatic carbocycles. The molecule has 0 radical (unpaired) electrons. The van der Waals surface area contributed by atoms with Crippen LogP contribution in [0, 0.1) is 5.41 Å². The molecule has 0 fully saturated rings. The summed E-state index contributed by atoms with van der Waals surface area (Å²) in [5.74, 6) is -0.925. The van der Waals surface area contributed by atoms with Gasteiger partial charge in [0.05, 0.1) is 11.0 Å². The quantitative estimate of drug-likeness (QED) is 0.384. The number of carbonyl (C=O) groups excluding carboxylic acids is 2. The summed E-state index contributed by atoms with van der Waals surface area (Å²) >= 11 is 0. The van der Waals surface area contributed by atoms with Crippen LogP contribution in [0.4, 0.5) is 0 Å². The molecule has 0 spiro atoms. The van der Waals surface area contributed by atoms with Gasteiger partial charge in [0.2, 0.25) is 0 Å². The average Bonchev–Trinajstić information content (AvgIpc) is 2.67. The Balaban J connectivity index is 2.26. The van der Waals surface area contributed by atoms with Gasteiger partial charge in [-0.15, -0.1) is 0 Å². The standard InChI is InChI=1S/C22H34O6/c1-4-5-6-7-8-9-14-22(2,3)21(26)28-16-19(24)15-27-20(25)17-10-12-18(23)13-11-17/h10-13,19,23-24H,4-9,14-16H2,1-3H3. The van der Waals surface area contributed by atoms with Crippen LogP contribution >= 0.6 is 0 Å². The van der Waals surface area contributed by atoms with Gasteiger partial charge in [-0.1, -0.05) is 45.4 Å². The highest BCUT2D eigenvalue weighted by Crippen LogP contribution is 2.26. The number of esters is 2. The van der Waals surface area contributed by atoms with E-state index in [0.29, 0.717) is 0 Å². The van der Waals surface area contributed by atoms with Crippen molar-refractivity contribution < 1.29 is 29.3 Å². The van der Waals surface area contributed by atoms with E-state index in [9.17, 15) is 19.8 Å². The summed E-state index contributed by atoms with van der Waals surface area (Å²) in [5.41, 5.74) is -0.338. The van der Waals surface area contributed by atoms with Gasteiger partial charge in [0.15, 0.2) is 0 Å². The van der Waals surface area contributed by atoms with E-state index in [-0.39, 0.29) is 30.5 Å². The molecule has 0 saturated carbocycles. The molecule has 1 aromatic carbocycles. The van der Waals surface area contributed by atoms with E-state index in [1.807, 2.05) is 13.8 Å². The first-order valence-electron chi connectivity index (χ1n) is 10.1. The molecule has 0 amide bonds. The molecule has 0 aromatic heterocycles.